The monoisotopic (exact) mass is 387 g/mol. The molecule has 0 spiro atoms. The van der Waals surface area contributed by atoms with Crippen LogP contribution in [0.3, 0.4) is 0 Å². The van der Waals surface area contributed by atoms with Crippen molar-refractivity contribution >= 4 is 23.9 Å². The zero-order valence-corrected chi connectivity index (χ0v) is 16.6. The molecule has 2 aromatic carbocycles. The summed E-state index contributed by atoms with van der Waals surface area (Å²) in [5.41, 5.74) is 5.60. The summed E-state index contributed by atoms with van der Waals surface area (Å²) >= 11 is 1.62. The van der Waals surface area contributed by atoms with Crippen LogP contribution in [0.5, 0.6) is 0 Å². The molecule has 0 radical (unpaired) electrons. The third-order valence-electron chi connectivity index (χ3n) is 4.27. The second-order valence-corrected chi connectivity index (χ2v) is 7.48. The fourth-order valence-electron chi connectivity index (χ4n) is 2.91. The number of aryl methyl sites for hydroxylation is 2. The van der Waals surface area contributed by atoms with Gasteiger partial charge in [-0.05, 0) is 49.2 Å². The molecule has 2 aromatic heterocycles. The molecule has 140 valence electrons. The van der Waals surface area contributed by atoms with Crippen molar-refractivity contribution in [3.63, 3.8) is 0 Å². The standard InChI is InChI=1S/C22H21N5S/c1-16-14-17(2)27(26-16)20-11-8-19(9-12-20)15-28-22-23-21(24-25-22)13-10-18-6-4-3-5-7-18/h3-14H,15H2,1-2H3,(H,23,24,25)/b13-10+. The van der Waals surface area contributed by atoms with E-state index in [2.05, 4.69) is 69.7 Å². The average Bonchev–Trinajstić information content (AvgIpc) is 3.31. The molecular formula is C22H21N5S. The van der Waals surface area contributed by atoms with Gasteiger partial charge in [0, 0.05) is 11.4 Å². The smallest absolute Gasteiger partial charge is 0.209 e. The number of hydrogen-bond donors (Lipinski definition) is 1. The van der Waals surface area contributed by atoms with Gasteiger partial charge in [-0.1, -0.05) is 60.3 Å². The first-order valence-electron chi connectivity index (χ1n) is 9.08. The van der Waals surface area contributed by atoms with E-state index in [0.717, 1.165) is 39.4 Å². The Bertz CT molecular complexity index is 1080. The molecule has 4 aromatic rings. The Kier molecular flexibility index (Phi) is 5.39. The first-order valence-corrected chi connectivity index (χ1v) is 10.1. The first kappa shape index (κ1) is 18.3. The Balaban J connectivity index is 1.36. The summed E-state index contributed by atoms with van der Waals surface area (Å²) in [7, 11) is 0. The summed E-state index contributed by atoms with van der Waals surface area (Å²) in [6.45, 7) is 4.07. The van der Waals surface area contributed by atoms with Gasteiger partial charge in [0.1, 0.15) is 5.82 Å². The third-order valence-corrected chi connectivity index (χ3v) is 5.19. The Hall–Kier alpha value is -3.12. The van der Waals surface area contributed by atoms with Crippen LogP contribution in [0.25, 0.3) is 17.8 Å². The van der Waals surface area contributed by atoms with E-state index < -0.39 is 0 Å². The number of thioether (sulfide) groups is 1. The molecule has 0 saturated heterocycles. The van der Waals surface area contributed by atoms with Gasteiger partial charge in [-0.2, -0.15) is 5.10 Å². The molecule has 0 aliphatic heterocycles. The molecule has 2 heterocycles. The second-order valence-electron chi connectivity index (χ2n) is 6.54. The van der Waals surface area contributed by atoms with Gasteiger partial charge < -0.3 is 0 Å². The molecule has 4 rings (SSSR count). The molecular weight excluding hydrogens is 366 g/mol. The average molecular weight is 388 g/mol. The summed E-state index contributed by atoms with van der Waals surface area (Å²) in [5.74, 6) is 1.57. The van der Waals surface area contributed by atoms with Crippen molar-refractivity contribution in [3.05, 3.63) is 89.0 Å². The highest BCUT2D eigenvalue weighted by atomic mass is 32.2. The van der Waals surface area contributed by atoms with Crippen LogP contribution in [0.1, 0.15) is 28.3 Å². The lowest BCUT2D eigenvalue weighted by Gasteiger charge is -2.05. The van der Waals surface area contributed by atoms with Gasteiger partial charge in [0.15, 0.2) is 0 Å². The van der Waals surface area contributed by atoms with Gasteiger partial charge in [-0.15, -0.1) is 5.10 Å². The number of nitrogens with one attached hydrogen (secondary N) is 1. The van der Waals surface area contributed by atoms with Gasteiger partial charge in [0.2, 0.25) is 5.16 Å². The third kappa shape index (κ3) is 4.40. The highest BCUT2D eigenvalue weighted by Gasteiger charge is 2.05. The van der Waals surface area contributed by atoms with Crippen molar-refractivity contribution in [1.29, 1.82) is 0 Å². The molecule has 0 amide bonds. The van der Waals surface area contributed by atoms with Gasteiger partial charge >= 0.3 is 0 Å². The van der Waals surface area contributed by atoms with E-state index in [1.165, 1.54) is 5.56 Å². The van der Waals surface area contributed by atoms with Gasteiger partial charge in [0.25, 0.3) is 0 Å². The predicted molar refractivity (Wildman–Crippen MR) is 114 cm³/mol. The molecule has 0 aliphatic carbocycles. The quantitative estimate of drug-likeness (QED) is 0.469. The molecule has 5 nitrogen and oxygen atoms in total. The number of aromatic amines is 1. The van der Waals surface area contributed by atoms with Gasteiger partial charge in [-0.3, -0.25) is 5.10 Å². The zero-order chi connectivity index (χ0) is 19.3. The molecule has 0 fully saturated rings. The van der Waals surface area contributed by atoms with Crippen molar-refractivity contribution in [1.82, 2.24) is 25.0 Å². The summed E-state index contributed by atoms with van der Waals surface area (Å²) in [6, 6.07) is 20.7. The topological polar surface area (TPSA) is 59.4 Å². The Morgan fingerprint density at radius 1 is 1.00 bits per heavy atom. The zero-order valence-electron chi connectivity index (χ0n) is 15.8. The van der Waals surface area contributed by atoms with Crippen molar-refractivity contribution in [3.8, 4) is 5.69 Å². The van der Waals surface area contributed by atoms with Crippen LogP contribution in [0, 0.1) is 13.8 Å². The Labute approximate surface area is 168 Å². The summed E-state index contributed by atoms with van der Waals surface area (Å²) in [6.07, 6.45) is 3.96. The highest BCUT2D eigenvalue weighted by Crippen LogP contribution is 2.21. The molecule has 0 saturated carbocycles. The van der Waals surface area contributed by atoms with Crippen molar-refractivity contribution in [2.45, 2.75) is 24.8 Å². The van der Waals surface area contributed by atoms with E-state index in [-0.39, 0.29) is 0 Å². The van der Waals surface area contributed by atoms with Gasteiger partial charge in [0.05, 0.1) is 11.4 Å². The maximum atomic E-state index is 4.53. The number of rotatable bonds is 6. The molecule has 0 atom stereocenters. The van der Waals surface area contributed by atoms with Crippen LogP contribution in [0.2, 0.25) is 0 Å². The SMILES string of the molecule is Cc1cc(C)n(-c2ccc(CSc3n[nH]c(/C=C/c4ccccc4)n3)cc2)n1. The number of nitrogens with zero attached hydrogens (tertiary/aromatic N) is 4. The van der Waals surface area contributed by atoms with E-state index in [4.69, 9.17) is 0 Å². The summed E-state index contributed by atoms with van der Waals surface area (Å²) in [5, 5.41) is 12.5. The van der Waals surface area contributed by atoms with Crippen LogP contribution in [-0.4, -0.2) is 25.0 Å². The van der Waals surface area contributed by atoms with Crippen LogP contribution in [0.15, 0.2) is 65.8 Å². The molecule has 0 aliphatic rings. The largest absolute Gasteiger partial charge is 0.259 e. The maximum absolute atomic E-state index is 4.53. The second kappa shape index (κ2) is 8.27. The Morgan fingerprint density at radius 2 is 1.79 bits per heavy atom. The van der Waals surface area contributed by atoms with Crippen LogP contribution in [0.4, 0.5) is 0 Å². The number of benzene rings is 2. The lowest BCUT2D eigenvalue weighted by molar-refractivity contribution is 0.833. The number of hydrogen-bond acceptors (Lipinski definition) is 4. The van der Waals surface area contributed by atoms with Crippen molar-refractivity contribution in [2.75, 3.05) is 0 Å². The minimum absolute atomic E-state index is 0.746. The predicted octanol–water partition coefficient (Wildman–Crippen LogP) is 5.07. The lowest BCUT2D eigenvalue weighted by atomic mass is 10.2. The van der Waals surface area contributed by atoms with Crippen LogP contribution < -0.4 is 0 Å². The Morgan fingerprint density at radius 3 is 2.50 bits per heavy atom. The van der Waals surface area contributed by atoms with E-state index in [0.29, 0.717) is 0 Å². The van der Waals surface area contributed by atoms with Crippen LogP contribution in [-0.2, 0) is 5.75 Å². The molecule has 0 bridgehead atoms. The highest BCUT2D eigenvalue weighted by molar-refractivity contribution is 7.98. The van der Waals surface area contributed by atoms with E-state index in [9.17, 15) is 0 Å². The van der Waals surface area contributed by atoms with Crippen molar-refractivity contribution in [2.24, 2.45) is 0 Å². The van der Waals surface area contributed by atoms with E-state index in [1.54, 1.807) is 11.8 Å². The molecule has 6 heteroatoms. The van der Waals surface area contributed by atoms with Crippen molar-refractivity contribution < 1.29 is 0 Å². The normalized spacial score (nSPS) is 11.4. The number of aromatic nitrogens is 5. The lowest BCUT2D eigenvalue weighted by Crippen LogP contribution is -1.98. The minimum Gasteiger partial charge on any atom is -0.259 e. The fraction of sp³-hybridized carbons (Fsp3) is 0.136. The number of H-pyrrole nitrogens is 1. The van der Waals surface area contributed by atoms with Crippen LogP contribution >= 0.6 is 11.8 Å². The van der Waals surface area contributed by atoms with E-state index in [1.807, 2.05) is 42.0 Å². The molecule has 0 unspecified atom stereocenters. The molecule has 1 N–H and O–H groups in total. The summed E-state index contributed by atoms with van der Waals surface area (Å²) in [4.78, 5) is 4.52. The van der Waals surface area contributed by atoms with Gasteiger partial charge in [-0.25, -0.2) is 9.67 Å². The maximum Gasteiger partial charge on any atom is 0.209 e. The first-order chi connectivity index (χ1) is 13.7. The fourth-order valence-corrected chi connectivity index (χ4v) is 3.67. The minimum atomic E-state index is 0.746. The van der Waals surface area contributed by atoms with E-state index >= 15 is 0 Å². The summed E-state index contributed by atoms with van der Waals surface area (Å²) < 4.78 is 1.97. The molecule has 28 heavy (non-hydrogen) atoms.